The Morgan fingerprint density at radius 1 is 1.43 bits per heavy atom. The predicted octanol–water partition coefficient (Wildman–Crippen LogP) is 2.05. The van der Waals surface area contributed by atoms with Crippen LogP contribution in [0.15, 0.2) is 24.5 Å². The van der Waals surface area contributed by atoms with E-state index in [1.165, 1.54) is 23.1 Å². The van der Waals surface area contributed by atoms with E-state index < -0.39 is 11.7 Å². The van der Waals surface area contributed by atoms with Crippen molar-refractivity contribution in [3.05, 3.63) is 41.5 Å². The number of halogens is 3. The maximum Gasteiger partial charge on any atom is 0.419 e. The van der Waals surface area contributed by atoms with Gasteiger partial charge < -0.3 is 10.5 Å². The molecule has 0 atom stereocenters. The zero-order chi connectivity index (χ0) is 15.6. The molecular formula is C12H11F3N4OS. The van der Waals surface area contributed by atoms with Crippen molar-refractivity contribution >= 4 is 17.2 Å². The highest BCUT2D eigenvalue weighted by Crippen LogP contribution is 2.37. The Bertz CT molecular complexity index is 669. The number of benzene rings is 1. The van der Waals surface area contributed by atoms with E-state index in [9.17, 15) is 13.2 Å². The van der Waals surface area contributed by atoms with Crippen LogP contribution < -0.4 is 10.5 Å². The minimum atomic E-state index is -4.57. The van der Waals surface area contributed by atoms with E-state index >= 15 is 0 Å². The second kappa shape index (κ2) is 5.68. The number of aryl methyl sites for hydroxylation is 1. The Kier molecular flexibility index (Phi) is 4.12. The third-order valence-electron chi connectivity index (χ3n) is 2.73. The number of nitrogens with two attached hydrogens (primary N) is 1. The maximum absolute atomic E-state index is 13.0. The first-order chi connectivity index (χ1) is 9.79. The molecule has 1 aromatic heterocycles. The lowest BCUT2D eigenvalue weighted by molar-refractivity contribution is -0.139. The van der Waals surface area contributed by atoms with Gasteiger partial charge in [0, 0.05) is 12.6 Å². The molecule has 0 aliphatic carbocycles. The average molecular weight is 316 g/mol. The molecule has 0 saturated carbocycles. The minimum absolute atomic E-state index is 0.111. The summed E-state index contributed by atoms with van der Waals surface area (Å²) in [4.78, 5) is 3.76. The van der Waals surface area contributed by atoms with Gasteiger partial charge in [-0.1, -0.05) is 12.2 Å². The van der Waals surface area contributed by atoms with Crippen LogP contribution in [0.3, 0.4) is 0 Å². The van der Waals surface area contributed by atoms with E-state index in [-0.39, 0.29) is 22.9 Å². The van der Waals surface area contributed by atoms with E-state index in [1.807, 2.05) is 0 Å². The van der Waals surface area contributed by atoms with Gasteiger partial charge in [-0.15, -0.1) is 0 Å². The number of ether oxygens (including phenoxy) is 1. The van der Waals surface area contributed by atoms with Crippen LogP contribution in [-0.2, 0) is 19.8 Å². The van der Waals surface area contributed by atoms with Gasteiger partial charge in [0.15, 0.2) is 5.82 Å². The molecule has 5 nitrogen and oxygen atoms in total. The summed E-state index contributed by atoms with van der Waals surface area (Å²) in [6, 6.07) is 3.44. The van der Waals surface area contributed by atoms with Crippen LogP contribution in [0, 0.1) is 0 Å². The zero-order valence-electron chi connectivity index (χ0n) is 10.9. The predicted molar refractivity (Wildman–Crippen MR) is 72.7 cm³/mol. The summed E-state index contributed by atoms with van der Waals surface area (Å²) in [6.45, 7) is -0.133. The number of rotatable bonds is 4. The Morgan fingerprint density at radius 3 is 2.67 bits per heavy atom. The molecule has 0 aliphatic rings. The summed E-state index contributed by atoms with van der Waals surface area (Å²) < 4.78 is 45.7. The van der Waals surface area contributed by atoms with Crippen molar-refractivity contribution in [2.75, 3.05) is 0 Å². The van der Waals surface area contributed by atoms with Crippen LogP contribution in [0.4, 0.5) is 13.2 Å². The Labute approximate surface area is 123 Å². The number of aromatic nitrogens is 3. The number of hydrogen-bond donors (Lipinski definition) is 1. The van der Waals surface area contributed by atoms with Gasteiger partial charge in [0.25, 0.3) is 0 Å². The number of hydrogen-bond acceptors (Lipinski definition) is 4. The molecule has 0 fully saturated rings. The fraction of sp³-hybridized carbons (Fsp3) is 0.250. The first-order valence-corrected chi connectivity index (χ1v) is 6.16. The third-order valence-corrected chi connectivity index (χ3v) is 2.97. The second-order valence-electron chi connectivity index (χ2n) is 4.16. The van der Waals surface area contributed by atoms with Crippen LogP contribution in [0.5, 0.6) is 5.75 Å². The van der Waals surface area contributed by atoms with Crippen LogP contribution >= 0.6 is 12.2 Å². The molecule has 0 unspecified atom stereocenters. The first-order valence-electron chi connectivity index (χ1n) is 5.75. The van der Waals surface area contributed by atoms with E-state index in [0.29, 0.717) is 5.82 Å². The molecular weight excluding hydrogens is 305 g/mol. The molecule has 2 rings (SSSR count). The molecule has 2 N–H and O–H groups in total. The largest absolute Gasteiger partial charge is 0.485 e. The molecule has 112 valence electrons. The van der Waals surface area contributed by atoms with Crippen molar-refractivity contribution < 1.29 is 17.9 Å². The van der Waals surface area contributed by atoms with Gasteiger partial charge >= 0.3 is 6.18 Å². The highest BCUT2D eigenvalue weighted by molar-refractivity contribution is 7.80. The van der Waals surface area contributed by atoms with E-state index in [0.717, 1.165) is 6.07 Å². The third kappa shape index (κ3) is 3.48. The zero-order valence-corrected chi connectivity index (χ0v) is 11.7. The molecule has 21 heavy (non-hydrogen) atoms. The number of alkyl halides is 3. The van der Waals surface area contributed by atoms with E-state index in [1.54, 1.807) is 7.05 Å². The van der Waals surface area contributed by atoms with Crippen molar-refractivity contribution in [1.29, 1.82) is 0 Å². The van der Waals surface area contributed by atoms with Gasteiger partial charge in [0.05, 0.1) is 5.56 Å². The summed E-state index contributed by atoms with van der Waals surface area (Å²) in [5, 5.41) is 3.81. The van der Waals surface area contributed by atoms with Crippen LogP contribution in [-0.4, -0.2) is 19.8 Å². The SMILES string of the molecule is Cn1ncnc1COc1ccc(C(N)=S)cc1C(F)(F)F. The van der Waals surface area contributed by atoms with Crippen molar-refractivity contribution in [2.45, 2.75) is 12.8 Å². The number of thiocarbonyl (C=S) groups is 1. The molecule has 0 bridgehead atoms. The summed E-state index contributed by atoms with van der Waals surface area (Å²) in [5.74, 6) is 0.0899. The lowest BCUT2D eigenvalue weighted by Gasteiger charge is -2.15. The van der Waals surface area contributed by atoms with Gasteiger partial charge in [0.1, 0.15) is 23.7 Å². The van der Waals surface area contributed by atoms with Crippen molar-refractivity contribution in [2.24, 2.45) is 12.8 Å². The quantitative estimate of drug-likeness (QED) is 0.875. The molecule has 0 amide bonds. The maximum atomic E-state index is 13.0. The van der Waals surface area contributed by atoms with Crippen molar-refractivity contribution in [1.82, 2.24) is 14.8 Å². The molecule has 9 heteroatoms. The van der Waals surface area contributed by atoms with Crippen molar-refractivity contribution in [3.8, 4) is 5.75 Å². The molecule has 0 aliphatic heterocycles. The lowest BCUT2D eigenvalue weighted by atomic mass is 10.1. The van der Waals surface area contributed by atoms with E-state index in [4.69, 9.17) is 10.5 Å². The molecule has 1 heterocycles. The van der Waals surface area contributed by atoms with Gasteiger partial charge in [-0.05, 0) is 18.2 Å². The smallest absolute Gasteiger partial charge is 0.419 e. The Morgan fingerprint density at radius 2 is 2.14 bits per heavy atom. The van der Waals surface area contributed by atoms with Crippen LogP contribution in [0.1, 0.15) is 17.0 Å². The highest BCUT2D eigenvalue weighted by Gasteiger charge is 2.35. The van der Waals surface area contributed by atoms with E-state index in [2.05, 4.69) is 22.3 Å². The molecule has 0 spiro atoms. The Balaban J connectivity index is 2.30. The highest BCUT2D eigenvalue weighted by atomic mass is 32.1. The molecule has 0 saturated heterocycles. The van der Waals surface area contributed by atoms with Gasteiger partial charge in [-0.2, -0.15) is 18.3 Å². The summed E-state index contributed by atoms with van der Waals surface area (Å²) in [7, 11) is 1.62. The van der Waals surface area contributed by atoms with Gasteiger partial charge in [-0.3, -0.25) is 4.68 Å². The molecule has 2 aromatic rings. The van der Waals surface area contributed by atoms with Crippen LogP contribution in [0.25, 0.3) is 0 Å². The minimum Gasteiger partial charge on any atom is -0.485 e. The fourth-order valence-corrected chi connectivity index (χ4v) is 1.75. The first kappa shape index (κ1) is 15.2. The molecule has 1 aromatic carbocycles. The topological polar surface area (TPSA) is 66.0 Å². The summed E-state index contributed by atoms with van der Waals surface area (Å²) >= 11 is 4.68. The van der Waals surface area contributed by atoms with Crippen LogP contribution in [0.2, 0.25) is 0 Å². The summed E-state index contributed by atoms with van der Waals surface area (Å²) in [5.41, 5.74) is 4.54. The summed E-state index contributed by atoms with van der Waals surface area (Å²) in [6.07, 6.45) is -3.28. The van der Waals surface area contributed by atoms with Crippen molar-refractivity contribution in [3.63, 3.8) is 0 Å². The second-order valence-corrected chi connectivity index (χ2v) is 4.60. The average Bonchev–Trinajstić information content (AvgIpc) is 2.80. The molecule has 0 radical (unpaired) electrons. The normalized spacial score (nSPS) is 11.4. The standard InChI is InChI=1S/C12H11F3N4OS/c1-19-10(17-6-18-19)5-20-9-3-2-7(11(16)21)4-8(9)12(13,14)15/h2-4,6H,5H2,1H3,(H2,16,21). The number of nitrogens with zero attached hydrogens (tertiary/aromatic N) is 3. The lowest BCUT2D eigenvalue weighted by Crippen LogP contribution is -2.14. The Hall–Kier alpha value is -2.16. The van der Waals surface area contributed by atoms with Gasteiger partial charge in [-0.25, -0.2) is 4.98 Å². The fourth-order valence-electron chi connectivity index (χ4n) is 1.62. The monoisotopic (exact) mass is 316 g/mol. The van der Waals surface area contributed by atoms with Gasteiger partial charge in [0.2, 0.25) is 0 Å².